The van der Waals surface area contributed by atoms with Gasteiger partial charge in [0.25, 0.3) is 0 Å². The average Bonchev–Trinajstić information content (AvgIpc) is 3.69. The second-order valence-corrected chi connectivity index (χ2v) is 17.8. The van der Waals surface area contributed by atoms with Gasteiger partial charge in [0.1, 0.15) is 35.6 Å². The molecule has 1 aliphatic heterocycles. The number of nitrogens with zero attached hydrogens (tertiary/aromatic N) is 1. The second kappa shape index (κ2) is 15.7. The molecule has 5 N–H and O–H groups in total. The molecule has 6 rings (SSSR count). The van der Waals surface area contributed by atoms with Gasteiger partial charge in [-0.1, -0.05) is 32.0 Å². The zero-order chi connectivity index (χ0) is 44.3. The van der Waals surface area contributed by atoms with Crippen molar-refractivity contribution in [2.24, 2.45) is 16.7 Å². The number of nitrogens with one attached hydrogen (secondary N) is 2. The Kier molecular flexibility index (Phi) is 11.6. The van der Waals surface area contributed by atoms with E-state index in [1.54, 1.807) is 52.8 Å². The van der Waals surface area contributed by atoms with E-state index >= 15 is 4.79 Å². The molecule has 1 amide bonds. The Bertz CT molecular complexity index is 2060. The number of amides is 1. The van der Waals surface area contributed by atoms with Crippen LogP contribution in [0.4, 0.5) is 4.79 Å². The maximum absolute atomic E-state index is 15.4. The molecule has 3 aliphatic carbocycles. The summed E-state index contributed by atoms with van der Waals surface area (Å²) in [5.41, 5.74) is -8.60. The van der Waals surface area contributed by atoms with Gasteiger partial charge in [-0.05, 0) is 57.9 Å². The molecule has 0 radical (unpaired) electrons. The third-order valence-corrected chi connectivity index (χ3v) is 12.5. The Labute approximate surface area is 346 Å². The normalized spacial score (nSPS) is 32.9. The number of ketones is 1. The largest absolute Gasteiger partial charge is 0.456 e. The van der Waals surface area contributed by atoms with Crippen LogP contribution >= 0.6 is 0 Å². The van der Waals surface area contributed by atoms with Crippen molar-refractivity contribution in [3.8, 4) is 0 Å². The number of carbonyl (C=O) groups excluding carboxylic acids is 6. The first-order valence-corrected chi connectivity index (χ1v) is 19.7. The van der Waals surface area contributed by atoms with E-state index in [0.29, 0.717) is 0 Å². The number of esters is 4. The maximum Gasteiger partial charge on any atom is 0.408 e. The lowest BCUT2D eigenvalue weighted by Crippen LogP contribution is -2.82. The Balaban J connectivity index is 1.54. The minimum absolute atomic E-state index is 0.0260. The van der Waals surface area contributed by atoms with E-state index in [1.165, 1.54) is 38.5 Å². The zero-order valence-corrected chi connectivity index (χ0v) is 35.0. The Morgan fingerprint density at radius 3 is 2.23 bits per heavy atom. The van der Waals surface area contributed by atoms with Gasteiger partial charge in [-0.15, -0.1) is 0 Å². The number of alkyl carbamates (subject to hydrolysis) is 1. The van der Waals surface area contributed by atoms with Crippen molar-refractivity contribution < 1.29 is 72.5 Å². The summed E-state index contributed by atoms with van der Waals surface area (Å²) in [5, 5.41) is 39.6. The van der Waals surface area contributed by atoms with E-state index < -0.39 is 118 Å². The molecule has 4 aliphatic rings. The van der Waals surface area contributed by atoms with Crippen molar-refractivity contribution in [1.82, 2.24) is 15.3 Å². The quantitative estimate of drug-likeness (QED) is 0.138. The molecule has 2 saturated carbocycles. The molecule has 326 valence electrons. The number of aromatic nitrogens is 2. The SMILES string of the molecule is CC(=O)OC1C(=O)[C@@]2(C)[C@H]([C@H](OC(=O)c3ccccc3)[C@]3(O)C[C@@H](OC(=O)[C@@H](O)[C@H](NC(=O)OC(C)(C)C)c4cnc[nH]4)C(C)=C1C3(C)C)[C@]1(OC(C)=O)CO[C@@H]1C[C@@H]2O. The van der Waals surface area contributed by atoms with Crippen molar-refractivity contribution >= 4 is 35.8 Å². The highest BCUT2D eigenvalue weighted by atomic mass is 16.6. The number of H-pyrrole nitrogens is 1. The smallest absolute Gasteiger partial charge is 0.408 e. The first-order chi connectivity index (χ1) is 27.9. The number of imidazole rings is 1. The molecule has 2 aromatic rings. The fourth-order valence-corrected chi connectivity index (χ4v) is 9.56. The molecule has 1 aromatic carbocycles. The number of ether oxygens (including phenoxy) is 6. The molecular formula is C42H53N3O15. The predicted octanol–water partition coefficient (Wildman–Crippen LogP) is 2.55. The molecule has 2 bridgehead atoms. The highest BCUT2D eigenvalue weighted by Gasteiger charge is 2.78. The number of hydrogen-bond donors (Lipinski definition) is 5. The molecule has 11 atom stereocenters. The first kappa shape index (κ1) is 44.4. The van der Waals surface area contributed by atoms with E-state index in [0.717, 1.165) is 13.8 Å². The number of fused-ring (bicyclic) bond motifs is 5. The Morgan fingerprint density at radius 1 is 1.02 bits per heavy atom. The van der Waals surface area contributed by atoms with E-state index in [1.807, 2.05) is 0 Å². The van der Waals surface area contributed by atoms with Crippen LogP contribution in [0.1, 0.15) is 97.2 Å². The highest BCUT2D eigenvalue weighted by molar-refractivity contribution is 5.95. The molecule has 18 nitrogen and oxygen atoms in total. The topological polar surface area (TPSA) is 259 Å². The third-order valence-electron chi connectivity index (χ3n) is 12.5. The molecule has 1 aromatic heterocycles. The number of aliphatic hydroxyl groups excluding tert-OH is 2. The monoisotopic (exact) mass is 839 g/mol. The molecule has 2 heterocycles. The minimum Gasteiger partial charge on any atom is -0.456 e. The predicted molar refractivity (Wildman–Crippen MR) is 205 cm³/mol. The molecule has 1 saturated heterocycles. The zero-order valence-electron chi connectivity index (χ0n) is 35.0. The summed E-state index contributed by atoms with van der Waals surface area (Å²) in [6.07, 6.45) is -9.16. The van der Waals surface area contributed by atoms with Gasteiger partial charge in [0.05, 0.1) is 47.8 Å². The maximum atomic E-state index is 15.4. The van der Waals surface area contributed by atoms with Crippen molar-refractivity contribution in [1.29, 1.82) is 0 Å². The number of benzene rings is 1. The third kappa shape index (κ3) is 7.47. The van der Waals surface area contributed by atoms with Crippen LogP contribution in [0.2, 0.25) is 0 Å². The van der Waals surface area contributed by atoms with Gasteiger partial charge in [-0.3, -0.25) is 14.4 Å². The summed E-state index contributed by atoms with van der Waals surface area (Å²) in [7, 11) is 0. The number of hydrogen-bond acceptors (Lipinski definition) is 16. The van der Waals surface area contributed by atoms with Crippen LogP contribution < -0.4 is 5.32 Å². The summed E-state index contributed by atoms with van der Waals surface area (Å²) in [4.78, 5) is 89.2. The Hall–Kier alpha value is -5.17. The molecule has 0 spiro atoms. The number of rotatable bonds is 9. The fourth-order valence-electron chi connectivity index (χ4n) is 9.56. The van der Waals surface area contributed by atoms with Crippen molar-refractivity contribution in [3.05, 3.63) is 65.3 Å². The van der Waals surface area contributed by atoms with E-state index in [-0.39, 0.29) is 35.4 Å². The minimum atomic E-state index is -2.41. The van der Waals surface area contributed by atoms with Gasteiger partial charge in [-0.2, -0.15) is 0 Å². The highest BCUT2D eigenvalue weighted by Crippen LogP contribution is 2.64. The van der Waals surface area contributed by atoms with E-state index in [2.05, 4.69) is 15.3 Å². The van der Waals surface area contributed by atoms with Gasteiger partial charge in [0.2, 0.25) is 0 Å². The van der Waals surface area contributed by atoms with Gasteiger partial charge in [0.15, 0.2) is 23.6 Å². The summed E-state index contributed by atoms with van der Waals surface area (Å²) >= 11 is 0. The van der Waals surface area contributed by atoms with E-state index in [9.17, 15) is 39.3 Å². The average molecular weight is 840 g/mol. The lowest BCUT2D eigenvalue weighted by molar-refractivity contribution is -0.346. The molecular weight excluding hydrogens is 786 g/mol. The van der Waals surface area contributed by atoms with Gasteiger partial charge >= 0.3 is 30.0 Å². The number of aliphatic hydroxyl groups is 3. The number of carbonyl (C=O) groups is 6. The number of Topliss-reactive ketones (excluding diaryl/α,β-unsaturated/α-hetero) is 1. The summed E-state index contributed by atoms with van der Waals surface area (Å²) in [6, 6.07) is 6.30. The van der Waals surface area contributed by atoms with Gasteiger partial charge < -0.3 is 54.0 Å². The van der Waals surface area contributed by atoms with Crippen molar-refractivity contribution in [2.45, 2.75) is 135 Å². The van der Waals surface area contributed by atoms with Crippen molar-refractivity contribution in [2.75, 3.05) is 6.61 Å². The van der Waals surface area contributed by atoms with Crippen LogP contribution in [0.3, 0.4) is 0 Å². The van der Waals surface area contributed by atoms with Gasteiger partial charge in [-0.25, -0.2) is 19.4 Å². The van der Waals surface area contributed by atoms with Crippen LogP contribution in [0.15, 0.2) is 54.0 Å². The van der Waals surface area contributed by atoms with Crippen molar-refractivity contribution in [3.63, 3.8) is 0 Å². The standard InChI is InChI=1S/C42H53N3O15/c1-20-25(57-36(52)30(49)29(24-17-43-19-44-24)45-37(53)60-38(4,5)6)16-42(54)34(58-35(51)23-13-11-10-12-14-23)32-40(9,26(48)15-27-41(32,18-55-27)59-22(3)47)33(50)31(56-21(2)46)28(20)39(42,7)8/h10-14,17,19,25-27,29-32,34,48-49,54H,15-16,18H2,1-9H3,(H,43,44)(H,45,53)/t25-,26+,27-,29-,30+,31?,32+,34+,40-,41+,42-/m1/s1. The molecule has 18 heteroatoms. The van der Waals surface area contributed by atoms with Crippen LogP contribution in [0, 0.1) is 16.7 Å². The van der Waals surface area contributed by atoms with Gasteiger partial charge in [0, 0.05) is 32.1 Å². The first-order valence-electron chi connectivity index (χ1n) is 19.7. The van der Waals surface area contributed by atoms with Crippen LogP contribution in [-0.4, -0.2) is 121 Å². The lowest BCUT2D eigenvalue weighted by Gasteiger charge is -2.67. The second-order valence-electron chi connectivity index (χ2n) is 17.8. The van der Waals surface area contributed by atoms with Crippen LogP contribution in [-0.2, 0) is 47.6 Å². The fraction of sp³-hybridized carbons (Fsp3) is 0.595. The Morgan fingerprint density at radius 2 is 1.68 bits per heavy atom. The van der Waals surface area contributed by atoms with Crippen LogP contribution in [0.25, 0.3) is 0 Å². The summed E-state index contributed by atoms with van der Waals surface area (Å²) < 4.78 is 35.4. The van der Waals surface area contributed by atoms with E-state index in [4.69, 9.17) is 28.4 Å². The molecule has 60 heavy (non-hydrogen) atoms. The number of aromatic amines is 1. The summed E-state index contributed by atoms with van der Waals surface area (Å²) in [6.45, 7) is 12.7. The van der Waals surface area contributed by atoms with Crippen LogP contribution in [0.5, 0.6) is 0 Å². The molecule has 3 fully saturated rings. The molecule has 1 unspecified atom stereocenters. The lowest BCUT2D eigenvalue weighted by atomic mass is 9.44. The summed E-state index contributed by atoms with van der Waals surface area (Å²) in [5.74, 6) is -6.38.